The van der Waals surface area contributed by atoms with Gasteiger partial charge >= 0.3 is 11.9 Å². The molecule has 26 heavy (non-hydrogen) atoms. The molecule has 132 valence electrons. The molecule has 0 bridgehead atoms. The Balaban J connectivity index is 2.27. The van der Waals surface area contributed by atoms with Crippen molar-refractivity contribution < 1.29 is 23.8 Å². The monoisotopic (exact) mass is 350 g/mol. The van der Waals surface area contributed by atoms with E-state index in [1.807, 2.05) is 36.4 Å². The average molecular weight is 350 g/mol. The highest BCUT2D eigenvalue weighted by atomic mass is 16.5. The number of fused-ring (bicyclic) bond motifs is 1. The van der Waals surface area contributed by atoms with Crippen molar-refractivity contribution in [3.8, 4) is 16.9 Å². The molecule has 0 spiro atoms. The summed E-state index contributed by atoms with van der Waals surface area (Å²) in [5.41, 5.74) is 2.40. The molecule has 0 radical (unpaired) electrons. The molecule has 0 unspecified atom stereocenters. The van der Waals surface area contributed by atoms with E-state index in [0.29, 0.717) is 16.5 Å². The van der Waals surface area contributed by atoms with E-state index < -0.39 is 11.9 Å². The molecule has 0 saturated carbocycles. The summed E-state index contributed by atoms with van der Waals surface area (Å²) < 4.78 is 15.0. The molecular formula is C21H18O5. The van der Waals surface area contributed by atoms with Crippen LogP contribution in [0.15, 0.2) is 54.6 Å². The zero-order chi connectivity index (χ0) is 18.7. The molecule has 3 rings (SSSR count). The van der Waals surface area contributed by atoms with Gasteiger partial charge in [0, 0.05) is 5.39 Å². The third-order valence-corrected chi connectivity index (χ3v) is 4.21. The van der Waals surface area contributed by atoms with E-state index in [0.717, 1.165) is 22.3 Å². The smallest absolute Gasteiger partial charge is 0.338 e. The number of hydrogen-bond acceptors (Lipinski definition) is 5. The van der Waals surface area contributed by atoms with Crippen LogP contribution in [0.5, 0.6) is 5.75 Å². The molecule has 0 aliphatic rings. The van der Waals surface area contributed by atoms with E-state index in [-0.39, 0.29) is 0 Å². The van der Waals surface area contributed by atoms with Crippen molar-refractivity contribution in [2.24, 2.45) is 0 Å². The third-order valence-electron chi connectivity index (χ3n) is 4.21. The summed E-state index contributed by atoms with van der Waals surface area (Å²) in [5, 5.41) is 1.27. The van der Waals surface area contributed by atoms with E-state index in [4.69, 9.17) is 14.2 Å². The van der Waals surface area contributed by atoms with Crippen molar-refractivity contribution in [1.29, 1.82) is 0 Å². The fourth-order valence-electron chi connectivity index (χ4n) is 2.93. The van der Waals surface area contributed by atoms with Crippen LogP contribution in [-0.2, 0) is 9.47 Å². The van der Waals surface area contributed by atoms with Crippen LogP contribution < -0.4 is 4.74 Å². The second kappa shape index (κ2) is 7.27. The first kappa shape index (κ1) is 17.5. The lowest BCUT2D eigenvalue weighted by atomic mass is 9.94. The Kier molecular flexibility index (Phi) is 4.89. The highest BCUT2D eigenvalue weighted by molar-refractivity contribution is 6.14. The second-order valence-corrected chi connectivity index (χ2v) is 5.64. The minimum absolute atomic E-state index is 0.316. The van der Waals surface area contributed by atoms with Crippen LogP contribution in [0.4, 0.5) is 0 Å². The molecule has 0 fully saturated rings. The van der Waals surface area contributed by atoms with Gasteiger partial charge in [0.2, 0.25) is 0 Å². The highest BCUT2D eigenvalue weighted by Gasteiger charge is 2.19. The normalized spacial score (nSPS) is 10.4. The maximum Gasteiger partial charge on any atom is 0.338 e. The fraction of sp³-hybridized carbons (Fsp3) is 0.143. The number of methoxy groups -OCH3 is 3. The van der Waals surface area contributed by atoms with Gasteiger partial charge in [0.1, 0.15) is 5.75 Å². The predicted octanol–water partition coefficient (Wildman–Crippen LogP) is 4.09. The van der Waals surface area contributed by atoms with Gasteiger partial charge in [-0.2, -0.15) is 0 Å². The number of ether oxygens (including phenoxy) is 3. The third kappa shape index (κ3) is 3.11. The van der Waals surface area contributed by atoms with E-state index in [1.165, 1.54) is 14.2 Å². The Labute approximate surface area is 151 Å². The fourth-order valence-corrected chi connectivity index (χ4v) is 2.93. The zero-order valence-electron chi connectivity index (χ0n) is 14.7. The molecule has 0 amide bonds. The lowest BCUT2D eigenvalue weighted by Crippen LogP contribution is -2.08. The molecule has 5 nitrogen and oxygen atoms in total. The zero-order valence-corrected chi connectivity index (χ0v) is 14.7. The van der Waals surface area contributed by atoms with Gasteiger partial charge in [0.15, 0.2) is 0 Å². The molecule has 0 aliphatic carbocycles. The highest BCUT2D eigenvalue weighted by Crippen LogP contribution is 2.31. The Bertz CT molecular complexity index is 974. The van der Waals surface area contributed by atoms with Crippen LogP contribution >= 0.6 is 0 Å². The summed E-state index contributed by atoms with van der Waals surface area (Å²) in [7, 11) is 4.23. The number of carbonyl (C=O) groups excluding carboxylic acids is 2. The van der Waals surface area contributed by atoms with Crippen LogP contribution in [0.25, 0.3) is 21.9 Å². The molecule has 5 heteroatoms. The first-order valence-corrected chi connectivity index (χ1v) is 7.97. The van der Waals surface area contributed by atoms with Gasteiger partial charge in [0.25, 0.3) is 0 Å². The van der Waals surface area contributed by atoms with Gasteiger partial charge in [-0.3, -0.25) is 0 Å². The molecule has 0 aliphatic heterocycles. The molecule has 3 aromatic carbocycles. The van der Waals surface area contributed by atoms with Crippen molar-refractivity contribution in [3.05, 3.63) is 65.7 Å². The van der Waals surface area contributed by atoms with Crippen molar-refractivity contribution in [3.63, 3.8) is 0 Å². The number of esters is 2. The average Bonchev–Trinajstić information content (AvgIpc) is 2.71. The summed E-state index contributed by atoms with van der Waals surface area (Å²) in [6.07, 6.45) is 0. The van der Waals surface area contributed by atoms with Gasteiger partial charge in [0.05, 0.1) is 32.5 Å². The van der Waals surface area contributed by atoms with Gasteiger partial charge in [-0.05, 0) is 46.8 Å². The van der Waals surface area contributed by atoms with Crippen molar-refractivity contribution in [2.45, 2.75) is 0 Å². The van der Waals surface area contributed by atoms with Gasteiger partial charge in [-0.25, -0.2) is 9.59 Å². The van der Waals surface area contributed by atoms with E-state index in [2.05, 4.69) is 0 Å². The van der Waals surface area contributed by atoms with Crippen LogP contribution in [0.1, 0.15) is 20.7 Å². The van der Waals surface area contributed by atoms with E-state index >= 15 is 0 Å². The lowest BCUT2D eigenvalue weighted by molar-refractivity contribution is 0.0601. The first-order chi connectivity index (χ1) is 12.6. The van der Waals surface area contributed by atoms with Crippen molar-refractivity contribution in [1.82, 2.24) is 0 Å². The van der Waals surface area contributed by atoms with E-state index in [1.54, 1.807) is 25.3 Å². The molecule has 0 heterocycles. The summed E-state index contributed by atoms with van der Waals surface area (Å²) in [6.45, 7) is 0. The van der Waals surface area contributed by atoms with Crippen molar-refractivity contribution in [2.75, 3.05) is 21.3 Å². The quantitative estimate of drug-likeness (QED) is 0.663. The molecule has 0 atom stereocenters. The van der Waals surface area contributed by atoms with Gasteiger partial charge in [-0.1, -0.05) is 24.3 Å². The second-order valence-electron chi connectivity index (χ2n) is 5.64. The maximum absolute atomic E-state index is 12.4. The largest absolute Gasteiger partial charge is 0.497 e. The van der Waals surface area contributed by atoms with Crippen LogP contribution in [0.3, 0.4) is 0 Å². The predicted molar refractivity (Wildman–Crippen MR) is 98.6 cm³/mol. The number of rotatable bonds is 4. The molecule has 0 N–H and O–H groups in total. The Morgan fingerprint density at radius 2 is 1.38 bits per heavy atom. The molecule has 3 aromatic rings. The Morgan fingerprint density at radius 3 is 2.00 bits per heavy atom. The number of benzene rings is 3. The topological polar surface area (TPSA) is 61.8 Å². The lowest BCUT2D eigenvalue weighted by Gasteiger charge is -2.12. The minimum Gasteiger partial charge on any atom is -0.497 e. The molecule has 0 saturated heterocycles. The Hall–Kier alpha value is -3.34. The van der Waals surface area contributed by atoms with Crippen molar-refractivity contribution >= 4 is 22.7 Å². The summed E-state index contributed by atoms with van der Waals surface area (Å²) in [4.78, 5) is 24.5. The summed E-state index contributed by atoms with van der Waals surface area (Å²) in [5.74, 6) is -0.268. The van der Waals surface area contributed by atoms with Crippen LogP contribution in [0, 0.1) is 0 Å². The summed E-state index contributed by atoms with van der Waals surface area (Å²) in [6, 6.07) is 16.4. The van der Waals surface area contributed by atoms with Crippen LogP contribution in [-0.4, -0.2) is 33.3 Å². The summed E-state index contributed by atoms with van der Waals surface area (Å²) >= 11 is 0. The molecular weight excluding hydrogens is 332 g/mol. The Morgan fingerprint density at radius 1 is 0.731 bits per heavy atom. The SMILES string of the molecule is COC(=O)c1cccc2cc(-c3ccc(OC)cc3)cc(C(=O)OC)c12. The van der Waals surface area contributed by atoms with E-state index in [9.17, 15) is 9.59 Å². The maximum atomic E-state index is 12.4. The standard InChI is InChI=1S/C21H18O5/c1-24-16-9-7-13(8-10-16)15-11-14-5-4-6-17(20(22)25-2)19(14)18(12-15)21(23)26-3/h4-12H,1-3H3. The van der Waals surface area contributed by atoms with Gasteiger partial charge < -0.3 is 14.2 Å². The number of carbonyl (C=O) groups is 2. The van der Waals surface area contributed by atoms with Gasteiger partial charge in [-0.15, -0.1) is 0 Å². The van der Waals surface area contributed by atoms with Crippen LogP contribution in [0.2, 0.25) is 0 Å². The first-order valence-electron chi connectivity index (χ1n) is 7.97. The molecule has 0 aromatic heterocycles. The number of hydrogen-bond donors (Lipinski definition) is 0. The minimum atomic E-state index is -0.512.